The van der Waals surface area contributed by atoms with Crippen LogP contribution in [0.4, 0.5) is 17.6 Å². The van der Waals surface area contributed by atoms with Gasteiger partial charge in [0.05, 0.1) is 5.56 Å². The van der Waals surface area contributed by atoms with Gasteiger partial charge in [-0.3, -0.25) is 0 Å². The zero-order valence-electron chi connectivity index (χ0n) is 12.3. The third-order valence-electron chi connectivity index (χ3n) is 3.38. The fourth-order valence-corrected chi connectivity index (χ4v) is 2.39. The van der Waals surface area contributed by atoms with Gasteiger partial charge < -0.3 is 0 Å². The molecule has 0 amide bonds. The van der Waals surface area contributed by atoms with Crippen LogP contribution in [-0.4, -0.2) is 9.97 Å². The molecule has 0 saturated heterocycles. The summed E-state index contributed by atoms with van der Waals surface area (Å²) in [6, 6.07) is 4.67. The predicted octanol–water partition coefficient (Wildman–Crippen LogP) is 4.53. The van der Waals surface area contributed by atoms with E-state index in [0.29, 0.717) is 17.0 Å². The summed E-state index contributed by atoms with van der Waals surface area (Å²) in [6.07, 6.45) is 2.72. The van der Waals surface area contributed by atoms with Gasteiger partial charge in [0.15, 0.2) is 5.82 Å². The lowest BCUT2D eigenvalue weighted by Crippen LogP contribution is -1.98. The molecule has 0 aliphatic carbocycles. The van der Waals surface area contributed by atoms with Crippen molar-refractivity contribution in [2.24, 2.45) is 0 Å². The van der Waals surface area contributed by atoms with Crippen molar-refractivity contribution in [2.45, 2.75) is 4.90 Å². The van der Waals surface area contributed by atoms with Gasteiger partial charge in [0, 0.05) is 22.9 Å². The lowest BCUT2D eigenvalue weighted by molar-refractivity contribution is 0.573. The molecular weight excluding hydrogens is 354 g/mol. The Kier molecular flexibility index (Phi) is 4.42. The summed E-state index contributed by atoms with van der Waals surface area (Å²) in [6.45, 7) is 0. The highest BCUT2D eigenvalue weighted by Crippen LogP contribution is 2.31. The first kappa shape index (κ1) is 16.9. The van der Waals surface area contributed by atoms with Gasteiger partial charge in [0.25, 0.3) is 0 Å². The number of rotatable bonds is 2. The van der Waals surface area contributed by atoms with E-state index in [4.69, 9.17) is 5.26 Å². The number of benzene rings is 2. The molecule has 2 aromatic carbocycles. The molecule has 3 rings (SSSR count). The standard InChI is InChI=1S/C17H7F4N3S/c18-12-1-8(2-13(19)11(12)5-22)16-14(20)3-9(4-15(16)21)17-23-6-10(25)7-24-17/h1-4,6-7,25H. The van der Waals surface area contributed by atoms with Crippen LogP contribution in [0.25, 0.3) is 22.5 Å². The van der Waals surface area contributed by atoms with Gasteiger partial charge in [-0.2, -0.15) is 5.26 Å². The van der Waals surface area contributed by atoms with Crippen molar-refractivity contribution in [1.82, 2.24) is 9.97 Å². The van der Waals surface area contributed by atoms with E-state index in [0.717, 1.165) is 12.1 Å². The maximum atomic E-state index is 14.4. The molecule has 3 nitrogen and oxygen atoms in total. The highest BCUT2D eigenvalue weighted by atomic mass is 32.1. The van der Waals surface area contributed by atoms with E-state index in [9.17, 15) is 17.6 Å². The van der Waals surface area contributed by atoms with Crippen LogP contribution in [0.3, 0.4) is 0 Å². The quantitative estimate of drug-likeness (QED) is 0.539. The van der Waals surface area contributed by atoms with E-state index < -0.39 is 34.4 Å². The lowest BCUT2D eigenvalue weighted by Gasteiger charge is -2.09. The molecule has 0 atom stereocenters. The van der Waals surface area contributed by atoms with Crippen molar-refractivity contribution in [2.75, 3.05) is 0 Å². The van der Waals surface area contributed by atoms with Gasteiger partial charge in [0.1, 0.15) is 34.9 Å². The molecule has 8 heteroatoms. The van der Waals surface area contributed by atoms with E-state index in [1.165, 1.54) is 18.5 Å². The van der Waals surface area contributed by atoms with Crippen LogP contribution in [0.2, 0.25) is 0 Å². The van der Waals surface area contributed by atoms with E-state index in [1.54, 1.807) is 0 Å². The second kappa shape index (κ2) is 6.53. The van der Waals surface area contributed by atoms with Crippen molar-refractivity contribution < 1.29 is 17.6 Å². The van der Waals surface area contributed by atoms with Crippen molar-refractivity contribution in [3.05, 3.63) is 65.5 Å². The second-order valence-electron chi connectivity index (χ2n) is 5.01. The minimum Gasteiger partial charge on any atom is -0.235 e. The Hall–Kier alpha value is -2.92. The molecule has 0 N–H and O–H groups in total. The zero-order chi connectivity index (χ0) is 18.1. The minimum absolute atomic E-state index is 0.0571. The van der Waals surface area contributed by atoms with Crippen molar-refractivity contribution in [3.63, 3.8) is 0 Å². The Bertz CT molecular complexity index is 967. The maximum Gasteiger partial charge on any atom is 0.159 e. The number of hydrogen-bond acceptors (Lipinski definition) is 4. The van der Waals surface area contributed by atoms with E-state index >= 15 is 0 Å². The number of nitrogens with zero attached hydrogens (tertiary/aromatic N) is 3. The van der Waals surface area contributed by atoms with Gasteiger partial charge in [-0.1, -0.05) is 0 Å². The Morgan fingerprint density at radius 2 is 1.28 bits per heavy atom. The van der Waals surface area contributed by atoms with Crippen LogP contribution >= 0.6 is 12.6 Å². The average molecular weight is 361 g/mol. The molecule has 25 heavy (non-hydrogen) atoms. The minimum atomic E-state index is -1.20. The van der Waals surface area contributed by atoms with Gasteiger partial charge in [-0.05, 0) is 29.8 Å². The molecule has 0 bridgehead atoms. The summed E-state index contributed by atoms with van der Waals surface area (Å²) >= 11 is 4.02. The third-order valence-corrected chi connectivity index (χ3v) is 3.61. The number of thiol groups is 1. The van der Waals surface area contributed by atoms with Gasteiger partial charge in [-0.15, -0.1) is 12.6 Å². The Morgan fingerprint density at radius 1 is 0.800 bits per heavy atom. The molecule has 0 aliphatic rings. The molecule has 0 radical (unpaired) electrons. The van der Waals surface area contributed by atoms with Crippen molar-refractivity contribution >= 4 is 12.6 Å². The molecular formula is C17H7F4N3S. The van der Waals surface area contributed by atoms with Crippen LogP contribution in [0, 0.1) is 34.6 Å². The van der Waals surface area contributed by atoms with Crippen LogP contribution in [0.5, 0.6) is 0 Å². The fourth-order valence-electron chi connectivity index (χ4n) is 2.27. The third kappa shape index (κ3) is 3.19. The predicted molar refractivity (Wildman–Crippen MR) is 84.7 cm³/mol. The largest absolute Gasteiger partial charge is 0.235 e. The number of halogens is 4. The Balaban J connectivity index is 2.13. The lowest BCUT2D eigenvalue weighted by atomic mass is 10.00. The van der Waals surface area contributed by atoms with Gasteiger partial charge >= 0.3 is 0 Å². The molecule has 0 fully saturated rings. The summed E-state index contributed by atoms with van der Waals surface area (Å²) in [5.74, 6) is -4.42. The van der Waals surface area contributed by atoms with Crippen LogP contribution in [-0.2, 0) is 0 Å². The summed E-state index contributed by atoms with van der Waals surface area (Å²) in [4.78, 5) is 8.29. The molecule has 0 unspecified atom stereocenters. The summed E-state index contributed by atoms with van der Waals surface area (Å²) in [5.41, 5.74) is -1.73. The van der Waals surface area contributed by atoms with Gasteiger partial charge in [0.2, 0.25) is 0 Å². The number of nitriles is 1. The van der Waals surface area contributed by atoms with Crippen molar-refractivity contribution in [1.29, 1.82) is 5.26 Å². The smallest absolute Gasteiger partial charge is 0.159 e. The first-order valence-electron chi connectivity index (χ1n) is 6.80. The van der Waals surface area contributed by atoms with Crippen LogP contribution in [0.1, 0.15) is 5.56 Å². The average Bonchev–Trinajstić information content (AvgIpc) is 2.54. The number of hydrogen-bond donors (Lipinski definition) is 1. The molecule has 3 aromatic rings. The van der Waals surface area contributed by atoms with Crippen LogP contribution < -0.4 is 0 Å². The highest BCUT2D eigenvalue weighted by molar-refractivity contribution is 7.80. The fraction of sp³-hybridized carbons (Fsp3) is 0. The molecule has 0 saturated carbocycles. The van der Waals surface area contributed by atoms with Gasteiger partial charge in [-0.25, -0.2) is 27.5 Å². The first-order valence-corrected chi connectivity index (χ1v) is 7.25. The Labute approximate surface area is 145 Å². The molecule has 1 heterocycles. The Morgan fingerprint density at radius 3 is 1.76 bits per heavy atom. The summed E-state index contributed by atoms with van der Waals surface area (Å²) in [7, 11) is 0. The maximum absolute atomic E-state index is 14.4. The normalized spacial score (nSPS) is 10.6. The summed E-state index contributed by atoms with van der Waals surface area (Å²) in [5, 5.41) is 8.65. The van der Waals surface area contributed by atoms with E-state index in [1.807, 2.05) is 0 Å². The molecule has 1 aromatic heterocycles. The second-order valence-corrected chi connectivity index (χ2v) is 5.52. The summed E-state index contributed by atoms with van der Waals surface area (Å²) < 4.78 is 56.2. The van der Waals surface area contributed by atoms with Crippen molar-refractivity contribution in [3.8, 4) is 28.6 Å². The van der Waals surface area contributed by atoms with E-state index in [-0.39, 0.29) is 17.0 Å². The van der Waals surface area contributed by atoms with Crippen LogP contribution in [0.15, 0.2) is 41.6 Å². The zero-order valence-corrected chi connectivity index (χ0v) is 13.2. The van der Waals surface area contributed by atoms with E-state index in [2.05, 4.69) is 22.6 Å². The molecule has 124 valence electrons. The molecule has 0 aliphatic heterocycles. The SMILES string of the molecule is N#Cc1c(F)cc(-c2c(F)cc(-c3ncc(S)cn3)cc2F)cc1F. The highest BCUT2D eigenvalue weighted by Gasteiger charge is 2.19. The molecule has 0 spiro atoms. The first-order chi connectivity index (χ1) is 11.9. The number of aromatic nitrogens is 2. The monoisotopic (exact) mass is 361 g/mol. The topological polar surface area (TPSA) is 49.6 Å².